The number of hydrogen-bond donors (Lipinski definition) is 2. The zero-order chi connectivity index (χ0) is 16.7. The molecule has 0 amide bonds. The average Bonchev–Trinajstić information content (AvgIpc) is 3.06. The van der Waals surface area contributed by atoms with Gasteiger partial charge in [0.15, 0.2) is 0 Å². The smallest absolute Gasteiger partial charge is 0.238 e. The highest BCUT2D eigenvalue weighted by molar-refractivity contribution is 7.89. The highest BCUT2D eigenvalue weighted by Crippen LogP contribution is 2.64. The Labute approximate surface area is 136 Å². The molecule has 1 aromatic rings. The number of aliphatic imine (C=N–C) groups is 2. The molecule has 3 atom stereocenters. The van der Waals surface area contributed by atoms with Gasteiger partial charge in [0.25, 0.3) is 0 Å². The summed E-state index contributed by atoms with van der Waals surface area (Å²) in [5, 5.41) is 8.45. The van der Waals surface area contributed by atoms with Gasteiger partial charge in [-0.2, -0.15) is 0 Å². The van der Waals surface area contributed by atoms with Crippen LogP contribution in [-0.4, -0.2) is 33.3 Å². The Bertz CT molecular complexity index is 790. The average molecular weight is 332 g/mol. The first-order valence-electron chi connectivity index (χ1n) is 7.46. The second-order valence-corrected chi connectivity index (χ2v) is 8.09. The largest absolute Gasteiger partial charge is 0.276 e. The van der Waals surface area contributed by atoms with Gasteiger partial charge in [-0.25, -0.2) is 18.5 Å². The molecule has 0 saturated heterocycles. The van der Waals surface area contributed by atoms with E-state index in [0.29, 0.717) is 11.8 Å². The monoisotopic (exact) mass is 332 g/mol. The molecule has 0 aromatic heterocycles. The van der Waals surface area contributed by atoms with Crippen molar-refractivity contribution in [1.82, 2.24) is 5.32 Å². The summed E-state index contributed by atoms with van der Waals surface area (Å²) >= 11 is 0. The zero-order valence-electron chi connectivity index (χ0n) is 13.1. The summed E-state index contributed by atoms with van der Waals surface area (Å²) in [6.45, 7) is 5.22. The lowest BCUT2D eigenvalue weighted by molar-refractivity contribution is 0.477. The quantitative estimate of drug-likeness (QED) is 0.849. The van der Waals surface area contributed by atoms with Crippen molar-refractivity contribution in [3.63, 3.8) is 0 Å². The number of primary sulfonamides is 1. The van der Waals surface area contributed by atoms with Gasteiger partial charge in [-0.1, -0.05) is 26.0 Å². The topological polar surface area (TPSA) is 96.9 Å². The molecule has 2 aliphatic rings. The highest BCUT2D eigenvalue weighted by Gasteiger charge is 2.57. The van der Waals surface area contributed by atoms with Crippen molar-refractivity contribution in [2.75, 3.05) is 6.54 Å². The van der Waals surface area contributed by atoms with Crippen LogP contribution in [0, 0.1) is 11.3 Å². The molecule has 1 aromatic carbocycles. The second kappa shape index (κ2) is 5.69. The van der Waals surface area contributed by atoms with E-state index in [0.717, 1.165) is 12.1 Å². The van der Waals surface area contributed by atoms with Gasteiger partial charge in [0, 0.05) is 18.8 Å². The number of allylic oxidation sites excluding steroid dienone is 1. The van der Waals surface area contributed by atoms with Gasteiger partial charge in [0.05, 0.1) is 4.90 Å². The van der Waals surface area contributed by atoms with Crippen molar-refractivity contribution in [3.05, 3.63) is 35.9 Å². The highest BCUT2D eigenvalue weighted by atomic mass is 32.2. The van der Waals surface area contributed by atoms with Crippen LogP contribution in [0.25, 0.3) is 0 Å². The van der Waals surface area contributed by atoms with Crippen LogP contribution in [0.1, 0.15) is 25.3 Å². The maximum atomic E-state index is 11.3. The van der Waals surface area contributed by atoms with E-state index in [1.807, 2.05) is 12.1 Å². The first-order valence-corrected chi connectivity index (χ1v) is 9.01. The molecule has 6 nitrogen and oxygen atoms in total. The molecule has 1 fully saturated rings. The predicted molar refractivity (Wildman–Crippen MR) is 90.1 cm³/mol. The van der Waals surface area contributed by atoms with Crippen molar-refractivity contribution in [3.8, 4) is 0 Å². The first-order chi connectivity index (χ1) is 10.8. The van der Waals surface area contributed by atoms with Gasteiger partial charge in [0.1, 0.15) is 0 Å². The van der Waals surface area contributed by atoms with E-state index in [-0.39, 0.29) is 16.6 Å². The summed E-state index contributed by atoms with van der Waals surface area (Å²) in [6.07, 6.45) is 3.10. The molecular formula is C16H20N4O2S. The molecule has 7 heteroatoms. The Morgan fingerprint density at radius 1 is 1.30 bits per heavy atom. The van der Waals surface area contributed by atoms with Crippen LogP contribution >= 0.6 is 0 Å². The summed E-state index contributed by atoms with van der Waals surface area (Å²) in [6, 6.07) is 6.85. The standard InChI is InChI=1S/C16H20N4O2S/c1-16(2)13(10-20-15-18-8-3-9-19-15)14(16)11-4-6-12(7-5-11)23(17,21)22/h3-8,13-15,20H,10H2,1-2H3,(H2,17,21,22). The summed E-state index contributed by atoms with van der Waals surface area (Å²) in [5.41, 5.74) is 1.28. The fraction of sp³-hybridized carbons (Fsp3) is 0.438. The molecule has 3 unspecified atom stereocenters. The number of nitrogens with two attached hydrogens (primary N) is 1. The second-order valence-electron chi connectivity index (χ2n) is 6.52. The molecule has 0 bridgehead atoms. The van der Waals surface area contributed by atoms with Gasteiger partial charge in [-0.3, -0.25) is 10.3 Å². The molecule has 3 rings (SSSR count). The van der Waals surface area contributed by atoms with Gasteiger partial charge in [-0.15, -0.1) is 0 Å². The number of hydrogen-bond acceptors (Lipinski definition) is 5. The van der Waals surface area contributed by atoms with Crippen LogP contribution < -0.4 is 10.5 Å². The fourth-order valence-electron chi connectivity index (χ4n) is 3.29. The summed E-state index contributed by atoms with van der Waals surface area (Å²) < 4.78 is 22.7. The third kappa shape index (κ3) is 3.28. The van der Waals surface area contributed by atoms with E-state index in [1.54, 1.807) is 24.4 Å². The minimum absolute atomic E-state index is 0.145. The van der Waals surface area contributed by atoms with Crippen molar-refractivity contribution in [2.45, 2.75) is 31.0 Å². The first kappa shape index (κ1) is 16.1. The fourth-order valence-corrected chi connectivity index (χ4v) is 3.80. The molecular weight excluding hydrogens is 312 g/mol. The Hall–Kier alpha value is -1.79. The normalized spacial score (nSPS) is 28.0. The van der Waals surface area contributed by atoms with Crippen LogP contribution in [0.5, 0.6) is 0 Å². The van der Waals surface area contributed by atoms with Crippen molar-refractivity contribution in [1.29, 1.82) is 0 Å². The molecule has 1 saturated carbocycles. The van der Waals surface area contributed by atoms with Gasteiger partial charge in [0.2, 0.25) is 16.3 Å². The van der Waals surface area contributed by atoms with Crippen molar-refractivity contribution >= 4 is 22.1 Å². The molecule has 1 heterocycles. The van der Waals surface area contributed by atoms with Crippen molar-refractivity contribution in [2.24, 2.45) is 26.5 Å². The SMILES string of the molecule is CC1(C)C(CNC2N=C=CC=N2)C1c1ccc(S(N)(=O)=O)cc1. The summed E-state index contributed by atoms with van der Waals surface area (Å²) in [7, 11) is -3.64. The lowest BCUT2D eigenvalue weighted by Gasteiger charge is -2.10. The number of nitrogens with one attached hydrogen (secondary N) is 1. The number of sulfonamides is 1. The lowest BCUT2D eigenvalue weighted by atomic mass is 10.0. The van der Waals surface area contributed by atoms with E-state index in [4.69, 9.17) is 5.14 Å². The molecule has 122 valence electrons. The number of benzene rings is 1. The van der Waals surface area contributed by atoms with E-state index in [9.17, 15) is 8.42 Å². The minimum Gasteiger partial charge on any atom is -0.276 e. The van der Waals surface area contributed by atoms with Crippen LogP contribution in [0.15, 0.2) is 45.2 Å². The minimum atomic E-state index is -3.64. The number of rotatable bonds is 5. The molecule has 0 spiro atoms. The van der Waals surface area contributed by atoms with Crippen LogP contribution in [0.2, 0.25) is 0 Å². The maximum Gasteiger partial charge on any atom is 0.238 e. The molecule has 3 N–H and O–H groups in total. The Morgan fingerprint density at radius 3 is 2.57 bits per heavy atom. The maximum absolute atomic E-state index is 11.3. The van der Waals surface area contributed by atoms with E-state index >= 15 is 0 Å². The molecule has 0 radical (unpaired) electrons. The van der Waals surface area contributed by atoms with E-state index in [2.05, 4.69) is 35.0 Å². The van der Waals surface area contributed by atoms with Crippen LogP contribution in [0.4, 0.5) is 0 Å². The van der Waals surface area contributed by atoms with Gasteiger partial charge >= 0.3 is 0 Å². The van der Waals surface area contributed by atoms with Crippen LogP contribution in [-0.2, 0) is 10.0 Å². The van der Waals surface area contributed by atoms with Crippen LogP contribution in [0.3, 0.4) is 0 Å². The van der Waals surface area contributed by atoms with E-state index in [1.165, 1.54) is 0 Å². The predicted octanol–water partition coefficient (Wildman–Crippen LogP) is 1.26. The Morgan fingerprint density at radius 2 is 2.00 bits per heavy atom. The zero-order valence-corrected chi connectivity index (χ0v) is 13.9. The molecule has 1 aliphatic carbocycles. The molecule has 23 heavy (non-hydrogen) atoms. The Kier molecular flexibility index (Phi) is 3.98. The Balaban J connectivity index is 1.68. The van der Waals surface area contributed by atoms with E-state index < -0.39 is 10.0 Å². The van der Waals surface area contributed by atoms with Crippen molar-refractivity contribution < 1.29 is 8.42 Å². The van der Waals surface area contributed by atoms with Gasteiger partial charge in [-0.05, 0) is 40.8 Å². The summed E-state index contributed by atoms with van der Waals surface area (Å²) in [5.74, 6) is 3.60. The van der Waals surface area contributed by atoms with Gasteiger partial charge < -0.3 is 0 Å². The summed E-state index contributed by atoms with van der Waals surface area (Å²) in [4.78, 5) is 8.48. The number of nitrogens with zero attached hydrogens (tertiary/aromatic N) is 2. The third-order valence-corrected chi connectivity index (χ3v) is 5.64. The lowest BCUT2D eigenvalue weighted by Crippen LogP contribution is -2.29. The molecule has 1 aliphatic heterocycles. The third-order valence-electron chi connectivity index (χ3n) is 4.71.